The van der Waals surface area contributed by atoms with Gasteiger partial charge in [0.15, 0.2) is 9.75 Å². The zero-order chi connectivity index (χ0) is 31.8. The van der Waals surface area contributed by atoms with Crippen molar-refractivity contribution in [3.05, 3.63) is 95.6 Å². The first kappa shape index (κ1) is 30.0. The quantitative estimate of drug-likeness (QED) is 0.138. The molecule has 2 aliphatic heterocycles. The molecule has 2 N–H and O–H groups in total. The van der Waals surface area contributed by atoms with Gasteiger partial charge in [-0.05, 0) is 79.3 Å². The van der Waals surface area contributed by atoms with Crippen LogP contribution in [-0.4, -0.2) is 48.8 Å². The summed E-state index contributed by atoms with van der Waals surface area (Å²) in [7, 11) is 0. The van der Waals surface area contributed by atoms with Gasteiger partial charge in [0.25, 0.3) is 11.8 Å². The van der Waals surface area contributed by atoms with Crippen LogP contribution in [0.4, 0.5) is 17.1 Å². The number of anilines is 3. The smallest absolute Gasteiger partial charge is 0.254 e. The summed E-state index contributed by atoms with van der Waals surface area (Å²) in [6.45, 7) is 1.73. The van der Waals surface area contributed by atoms with Crippen molar-refractivity contribution >= 4 is 79.8 Å². The normalized spacial score (nSPS) is 30.6. The molecule has 11 heteroatoms. The monoisotopic (exact) mass is 707 g/mol. The highest BCUT2D eigenvalue weighted by molar-refractivity contribution is 9.09. The lowest BCUT2D eigenvalue weighted by Crippen LogP contribution is -2.60. The summed E-state index contributed by atoms with van der Waals surface area (Å²) >= 11 is 17.8. The summed E-state index contributed by atoms with van der Waals surface area (Å²) in [6.07, 6.45) is 2.08. The number of alkyl halides is 3. The molecule has 45 heavy (non-hydrogen) atoms. The van der Waals surface area contributed by atoms with Gasteiger partial charge in [-0.2, -0.15) is 0 Å². The van der Waals surface area contributed by atoms with Crippen LogP contribution in [0.25, 0.3) is 0 Å². The third-order valence-corrected chi connectivity index (χ3v) is 11.7. The van der Waals surface area contributed by atoms with E-state index in [1.165, 1.54) is 11.0 Å². The Hall–Kier alpha value is -3.66. The predicted octanol–water partition coefficient (Wildman–Crippen LogP) is 6.36. The van der Waals surface area contributed by atoms with E-state index in [4.69, 9.17) is 23.2 Å². The van der Waals surface area contributed by atoms with Gasteiger partial charge in [-0.3, -0.25) is 29.0 Å². The van der Waals surface area contributed by atoms with Gasteiger partial charge >= 0.3 is 0 Å². The van der Waals surface area contributed by atoms with Crippen molar-refractivity contribution in [2.75, 3.05) is 15.7 Å². The summed E-state index contributed by atoms with van der Waals surface area (Å²) < 4.78 is 0. The molecule has 2 saturated heterocycles. The Morgan fingerprint density at radius 1 is 0.911 bits per heavy atom. The Balaban J connectivity index is 1.28. The molecule has 0 spiro atoms. The number of rotatable bonds is 5. The van der Waals surface area contributed by atoms with Crippen molar-refractivity contribution in [3.8, 4) is 5.75 Å². The van der Waals surface area contributed by atoms with Crippen LogP contribution in [0.1, 0.15) is 29.9 Å². The van der Waals surface area contributed by atoms with E-state index in [2.05, 4.69) is 21.2 Å². The zero-order valence-corrected chi connectivity index (χ0v) is 27.1. The number of phenols is 1. The van der Waals surface area contributed by atoms with E-state index in [9.17, 15) is 24.3 Å². The van der Waals surface area contributed by atoms with Gasteiger partial charge in [0.05, 0.1) is 23.0 Å². The van der Waals surface area contributed by atoms with Gasteiger partial charge in [0.2, 0.25) is 11.8 Å². The largest absolute Gasteiger partial charge is 0.508 e. The maximum atomic E-state index is 14.2. The molecule has 3 aromatic carbocycles. The Bertz CT molecular complexity index is 1800. The number of carbonyl (C=O) groups is 4. The second-order valence-electron chi connectivity index (χ2n) is 12.1. The number of hydrogen-bond donors (Lipinski definition) is 2. The van der Waals surface area contributed by atoms with Crippen LogP contribution >= 0.6 is 39.1 Å². The van der Waals surface area contributed by atoms with E-state index in [1.807, 2.05) is 48.5 Å². The van der Waals surface area contributed by atoms with Crippen molar-refractivity contribution in [1.29, 1.82) is 0 Å². The number of benzene rings is 3. The summed E-state index contributed by atoms with van der Waals surface area (Å²) in [4.78, 5) is 54.3. The maximum absolute atomic E-state index is 14.2. The maximum Gasteiger partial charge on any atom is 0.254 e. The lowest BCUT2D eigenvalue weighted by atomic mass is 9.56. The van der Waals surface area contributed by atoms with E-state index >= 15 is 0 Å². The molecule has 0 bridgehead atoms. The first-order valence-corrected chi connectivity index (χ1v) is 16.5. The minimum atomic E-state index is -1.88. The molecule has 4 aliphatic rings. The molecular weight excluding hydrogens is 681 g/mol. The predicted molar refractivity (Wildman–Crippen MR) is 175 cm³/mol. The second-order valence-corrected chi connectivity index (χ2v) is 13.8. The van der Waals surface area contributed by atoms with E-state index in [1.54, 1.807) is 31.2 Å². The molecule has 3 fully saturated rings. The van der Waals surface area contributed by atoms with Gasteiger partial charge in [-0.15, -0.1) is 23.2 Å². The molecule has 4 amide bonds. The number of allylic oxidation sites excluding steroid dienone is 2. The Morgan fingerprint density at radius 3 is 2.27 bits per heavy atom. The number of likely N-dealkylation sites (tertiary alicyclic amines) is 1. The van der Waals surface area contributed by atoms with Crippen LogP contribution in [0, 0.1) is 24.7 Å². The highest BCUT2D eigenvalue weighted by Crippen LogP contribution is 2.65. The minimum Gasteiger partial charge on any atom is -0.508 e. The molecule has 8 nitrogen and oxygen atoms in total. The third-order valence-electron chi connectivity index (χ3n) is 9.76. The zero-order valence-electron chi connectivity index (χ0n) is 24.0. The minimum absolute atomic E-state index is 0.0673. The molecular formula is C34H28BrCl2N3O5. The van der Waals surface area contributed by atoms with Crippen molar-refractivity contribution in [3.63, 3.8) is 0 Å². The number of phenolic OH excluding ortho intramolecular Hbond substituents is 1. The number of halogens is 3. The Kier molecular flexibility index (Phi) is 7.15. The topological polar surface area (TPSA) is 107 Å². The number of para-hydroxylation sites is 1. The molecule has 230 valence electrons. The van der Waals surface area contributed by atoms with Gasteiger partial charge < -0.3 is 10.4 Å². The molecule has 0 radical (unpaired) electrons. The fraction of sp³-hybridized carbons (Fsp3) is 0.294. The fourth-order valence-electron chi connectivity index (χ4n) is 7.62. The molecule has 3 aromatic rings. The molecule has 1 saturated carbocycles. The fourth-order valence-corrected chi connectivity index (χ4v) is 9.05. The number of aromatic hydroxyl groups is 1. The number of nitrogens with one attached hydrogen (secondary N) is 1. The molecule has 2 aliphatic carbocycles. The van der Waals surface area contributed by atoms with E-state index in [0.717, 1.165) is 16.3 Å². The van der Waals surface area contributed by atoms with Crippen LogP contribution in [0.15, 0.2) is 84.4 Å². The number of carbonyl (C=O) groups excluding carboxylic acids is 4. The van der Waals surface area contributed by atoms with Gasteiger partial charge in [-0.25, -0.2) is 0 Å². The van der Waals surface area contributed by atoms with Crippen molar-refractivity contribution < 1.29 is 24.3 Å². The summed E-state index contributed by atoms with van der Waals surface area (Å²) in [6, 6.07) is 21.6. The van der Waals surface area contributed by atoms with E-state index < -0.39 is 45.2 Å². The lowest BCUT2D eigenvalue weighted by Gasteiger charge is -2.50. The van der Waals surface area contributed by atoms with Crippen LogP contribution < -0.4 is 10.2 Å². The van der Waals surface area contributed by atoms with Crippen LogP contribution in [-0.2, 0) is 19.2 Å². The Labute approximate surface area is 278 Å². The Morgan fingerprint density at radius 2 is 1.60 bits per heavy atom. The molecule has 6 atom stereocenters. The average molecular weight is 709 g/mol. The standard InChI is InChI=1S/C34H28BrCl2N3O5/c1-18-15-19(7-14-26(18)41)28-23-12-13-24-27(25(23)16-33(36)31(44)39(17-35)32(45)34(28,33)37)30(43)40(29(24)42)22-10-8-21(9-11-22)38-20-5-3-2-4-6-20/h2-12,14-15,24-25,27-28,38,41H,13,16-17H2,1H3. The van der Waals surface area contributed by atoms with Gasteiger partial charge in [0.1, 0.15) is 5.75 Å². The van der Waals surface area contributed by atoms with E-state index in [-0.39, 0.29) is 35.9 Å². The molecule has 2 heterocycles. The number of imide groups is 2. The first-order chi connectivity index (χ1) is 21.5. The number of nitrogens with zero attached hydrogens (tertiary/aromatic N) is 2. The van der Waals surface area contributed by atoms with Crippen LogP contribution in [0.2, 0.25) is 0 Å². The molecule has 7 rings (SSSR count). The lowest BCUT2D eigenvalue weighted by molar-refractivity contribution is -0.138. The van der Waals surface area contributed by atoms with Crippen molar-refractivity contribution in [2.24, 2.45) is 17.8 Å². The van der Waals surface area contributed by atoms with Gasteiger partial charge in [-0.1, -0.05) is 57.9 Å². The van der Waals surface area contributed by atoms with Crippen molar-refractivity contribution in [2.45, 2.75) is 35.4 Å². The van der Waals surface area contributed by atoms with Crippen molar-refractivity contribution in [1.82, 2.24) is 4.90 Å². The highest BCUT2D eigenvalue weighted by Gasteiger charge is 2.76. The third kappa shape index (κ3) is 4.23. The van der Waals surface area contributed by atoms with E-state index in [0.29, 0.717) is 22.4 Å². The number of fused-ring (bicyclic) bond motifs is 4. The number of hydrogen-bond acceptors (Lipinski definition) is 6. The average Bonchev–Trinajstić information content (AvgIpc) is 3.37. The van der Waals surface area contributed by atoms with Crippen LogP contribution in [0.5, 0.6) is 5.75 Å². The SMILES string of the molecule is Cc1cc(C2C3=CCC4C(=O)N(c5ccc(Nc6ccccc6)cc5)C(=O)C4C3CC3(Cl)C(=O)N(CBr)C(=O)C23Cl)ccc1O. The number of aryl methyl sites for hydroxylation is 1. The second kappa shape index (κ2) is 10.7. The summed E-state index contributed by atoms with van der Waals surface area (Å²) in [5.41, 5.74) is 3.91. The summed E-state index contributed by atoms with van der Waals surface area (Å²) in [5, 5.41) is 13.6. The summed E-state index contributed by atoms with van der Waals surface area (Å²) in [5.74, 6) is -4.84. The molecule has 0 aromatic heterocycles. The number of amides is 4. The van der Waals surface area contributed by atoms with Gasteiger partial charge in [0, 0.05) is 17.3 Å². The molecule has 6 unspecified atom stereocenters. The highest BCUT2D eigenvalue weighted by atomic mass is 79.9. The van der Waals surface area contributed by atoms with Crippen LogP contribution in [0.3, 0.4) is 0 Å². The first-order valence-electron chi connectivity index (χ1n) is 14.6.